The van der Waals surface area contributed by atoms with Crippen LogP contribution >= 0.6 is 23.2 Å². The lowest BCUT2D eigenvalue weighted by molar-refractivity contribution is 0.958. The van der Waals surface area contributed by atoms with Crippen LogP contribution in [0.4, 0.5) is 0 Å². The Balaban J connectivity index is 3.21. The van der Waals surface area contributed by atoms with Crippen LogP contribution in [0.3, 0.4) is 0 Å². The number of hydrogen-bond acceptors (Lipinski definition) is 2. The van der Waals surface area contributed by atoms with Crippen molar-refractivity contribution in [1.82, 2.24) is 9.97 Å². The summed E-state index contributed by atoms with van der Waals surface area (Å²) in [5, 5.41) is 0.565. The summed E-state index contributed by atoms with van der Waals surface area (Å²) in [5.41, 5.74) is 1.75. The molecule has 1 heterocycles. The average molecular weight is 191 g/mol. The first-order valence-electron chi connectivity index (χ1n) is 3.33. The molecule has 0 atom stereocenters. The molecule has 0 unspecified atom stereocenters. The second kappa shape index (κ2) is 3.37. The molecule has 2 nitrogen and oxygen atoms in total. The zero-order chi connectivity index (χ0) is 8.43. The molecule has 0 spiro atoms. The Labute approximate surface area is 75.6 Å². The fourth-order valence-corrected chi connectivity index (χ4v) is 1.15. The van der Waals surface area contributed by atoms with Gasteiger partial charge in [-0.05, 0) is 13.3 Å². The third-order valence-corrected chi connectivity index (χ3v) is 2.05. The molecule has 0 N–H and O–H groups in total. The van der Waals surface area contributed by atoms with Gasteiger partial charge in [-0.1, -0.05) is 30.1 Å². The van der Waals surface area contributed by atoms with Crippen LogP contribution in [0.25, 0.3) is 0 Å². The molecule has 11 heavy (non-hydrogen) atoms. The largest absolute Gasteiger partial charge is 0.236 e. The summed E-state index contributed by atoms with van der Waals surface area (Å²) in [5.74, 6) is 0. The van der Waals surface area contributed by atoms with Gasteiger partial charge in [0, 0.05) is 0 Å². The van der Waals surface area contributed by atoms with Crippen LogP contribution in [-0.2, 0) is 6.42 Å². The van der Waals surface area contributed by atoms with Crippen molar-refractivity contribution in [2.45, 2.75) is 20.3 Å². The summed E-state index contributed by atoms with van der Waals surface area (Å²) in [4.78, 5) is 8.08. The van der Waals surface area contributed by atoms with Crippen LogP contribution in [-0.4, -0.2) is 9.97 Å². The SMILES string of the molecule is CCc1nc(Cl)c(Cl)nc1C. The summed E-state index contributed by atoms with van der Waals surface area (Å²) in [6, 6.07) is 0. The van der Waals surface area contributed by atoms with Gasteiger partial charge < -0.3 is 0 Å². The predicted molar refractivity (Wildman–Crippen MR) is 46.2 cm³/mol. The smallest absolute Gasteiger partial charge is 0.166 e. The van der Waals surface area contributed by atoms with Crippen molar-refractivity contribution in [3.63, 3.8) is 0 Å². The van der Waals surface area contributed by atoms with Crippen molar-refractivity contribution in [3.05, 3.63) is 21.7 Å². The Kier molecular flexibility index (Phi) is 2.68. The normalized spacial score (nSPS) is 10.2. The van der Waals surface area contributed by atoms with E-state index in [1.807, 2.05) is 13.8 Å². The Morgan fingerprint density at radius 1 is 1.18 bits per heavy atom. The average Bonchev–Trinajstić information content (AvgIpc) is 1.97. The van der Waals surface area contributed by atoms with E-state index in [-0.39, 0.29) is 10.3 Å². The second-order valence-corrected chi connectivity index (χ2v) is 2.91. The van der Waals surface area contributed by atoms with Crippen LogP contribution < -0.4 is 0 Å². The van der Waals surface area contributed by atoms with Gasteiger partial charge in [-0.15, -0.1) is 0 Å². The molecular formula is C7H8Cl2N2. The highest BCUT2D eigenvalue weighted by molar-refractivity contribution is 6.40. The van der Waals surface area contributed by atoms with Gasteiger partial charge in [0.1, 0.15) is 0 Å². The summed E-state index contributed by atoms with van der Waals surface area (Å²) in [7, 11) is 0. The van der Waals surface area contributed by atoms with Gasteiger partial charge in [-0.25, -0.2) is 9.97 Å². The lowest BCUT2D eigenvalue weighted by Gasteiger charge is -2.01. The molecule has 0 saturated heterocycles. The topological polar surface area (TPSA) is 25.8 Å². The molecule has 0 aromatic carbocycles. The van der Waals surface area contributed by atoms with E-state index in [1.54, 1.807) is 0 Å². The van der Waals surface area contributed by atoms with E-state index in [9.17, 15) is 0 Å². The quantitative estimate of drug-likeness (QED) is 0.681. The maximum atomic E-state index is 5.66. The Bertz CT molecular complexity index is 273. The van der Waals surface area contributed by atoms with Gasteiger partial charge in [-0.3, -0.25) is 0 Å². The molecule has 0 aliphatic heterocycles. The molecule has 0 aliphatic carbocycles. The molecule has 0 aliphatic rings. The van der Waals surface area contributed by atoms with Crippen molar-refractivity contribution in [2.24, 2.45) is 0 Å². The van der Waals surface area contributed by atoms with E-state index in [0.717, 1.165) is 17.8 Å². The Morgan fingerprint density at radius 2 is 1.73 bits per heavy atom. The van der Waals surface area contributed by atoms with Crippen LogP contribution in [0.2, 0.25) is 10.3 Å². The lowest BCUT2D eigenvalue weighted by Crippen LogP contribution is -1.96. The lowest BCUT2D eigenvalue weighted by atomic mass is 10.3. The zero-order valence-corrected chi connectivity index (χ0v) is 7.87. The first kappa shape index (κ1) is 8.75. The van der Waals surface area contributed by atoms with E-state index in [4.69, 9.17) is 23.2 Å². The highest BCUT2D eigenvalue weighted by Crippen LogP contribution is 2.18. The third kappa shape index (κ3) is 1.82. The van der Waals surface area contributed by atoms with Gasteiger partial charge in [-0.2, -0.15) is 0 Å². The molecule has 1 aromatic rings. The number of aryl methyl sites for hydroxylation is 2. The standard InChI is InChI=1S/C7H8Cl2N2/c1-3-5-4(2)10-6(8)7(9)11-5/h3H2,1-2H3. The Hall–Kier alpha value is -0.340. The predicted octanol–water partition coefficient (Wildman–Crippen LogP) is 2.65. The molecule has 1 aromatic heterocycles. The highest BCUT2D eigenvalue weighted by atomic mass is 35.5. The summed E-state index contributed by atoms with van der Waals surface area (Å²) < 4.78 is 0. The molecule has 1 rings (SSSR count). The monoisotopic (exact) mass is 190 g/mol. The molecule has 0 amide bonds. The second-order valence-electron chi connectivity index (χ2n) is 2.19. The van der Waals surface area contributed by atoms with E-state index >= 15 is 0 Å². The van der Waals surface area contributed by atoms with Crippen LogP contribution in [0.5, 0.6) is 0 Å². The third-order valence-electron chi connectivity index (χ3n) is 1.42. The fourth-order valence-electron chi connectivity index (χ4n) is 0.838. The molecule has 0 bridgehead atoms. The summed E-state index contributed by atoms with van der Waals surface area (Å²) in [6.45, 7) is 3.87. The van der Waals surface area contributed by atoms with Gasteiger partial charge in [0.05, 0.1) is 11.4 Å². The summed E-state index contributed by atoms with van der Waals surface area (Å²) >= 11 is 11.3. The summed E-state index contributed by atoms with van der Waals surface area (Å²) in [6.07, 6.45) is 0.829. The van der Waals surface area contributed by atoms with E-state index in [2.05, 4.69) is 9.97 Å². The first-order valence-corrected chi connectivity index (χ1v) is 4.09. The van der Waals surface area contributed by atoms with Crippen molar-refractivity contribution in [1.29, 1.82) is 0 Å². The minimum atomic E-state index is 0.279. The minimum absolute atomic E-state index is 0.279. The van der Waals surface area contributed by atoms with Crippen molar-refractivity contribution in [2.75, 3.05) is 0 Å². The first-order chi connectivity index (χ1) is 5.15. The molecule has 0 radical (unpaired) electrons. The van der Waals surface area contributed by atoms with Gasteiger partial charge >= 0.3 is 0 Å². The maximum Gasteiger partial charge on any atom is 0.166 e. The highest BCUT2D eigenvalue weighted by Gasteiger charge is 2.04. The molecular weight excluding hydrogens is 183 g/mol. The van der Waals surface area contributed by atoms with E-state index in [0.29, 0.717) is 0 Å². The van der Waals surface area contributed by atoms with E-state index < -0.39 is 0 Å². The number of aromatic nitrogens is 2. The van der Waals surface area contributed by atoms with Crippen molar-refractivity contribution >= 4 is 23.2 Å². The van der Waals surface area contributed by atoms with E-state index in [1.165, 1.54) is 0 Å². The number of nitrogens with zero attached hydrogens (tertiary/aromatic N) is 2. The maximum absolute atomic E-state index is 5.66. The van der Waals surface area contributed by atoms with Gasteiger partial charge in [0.15, 0.2) is 10.3 Å². The molecule has 0 saturated carbocycles. The minimum Gasteiger partial charge on any atom is -0.236 e. The number of halogens is 2. The van der Waals surface area contributed by atoms with Gasteiger partial charge in [0.2, 0.25) is 0 Å². The van der Waals surface area contributed by atoms with Crippen LogP contribution in [0, 0.1) is 6.92 Å². The zero-order valence-electron chi connectivity index (χ0n) is 6.36. The Morgan fingerprint density at radius 3 is 2.27 bits per heavy atom. The molecule has 60 valence electrons. The van der Waals surface area contributed by atoms with Gasteiger partial charge in [0.25, 0.3) is 0 Å². The van der Waals surface area contributed by atoms with Crippen molar-refractivity contribution < 1.29 is 0 Å². The van der Waals surface area contributed by atoms with Crippen LogP contribution in [0.15, 0.2) is 0 Å². The molecule has 0 fully saturated rings. The fraction of sp³-hybridized carbons (Fsp3) is 0.429. The van der Waals surface area contributed by atoms with Crippen molar-refractivity contribution in [3.8, 4) is 0 Å². The van der Waals surface area contributed by atoms with Crippen LogP contribution in [0.1, 0.15) is 18.3 Å². The number of hydrogen-bond donors (Lipinski definition) is 0. The number of rotatable bonds is 1. The molecule has 4 heteroatoms.